The van der Waals surface area contributed by atoms with E-state index in [0.717, 1.165) is 0 Å². The molecule has 7 heteroatoms. The third-order valence-electron chi connectivity index (χ3n) is 1.28. The van der Waals surface area contributed by atoms with Crippen LogP contribution in [0.15, 0.2) is 17.4 Å². The van der Waals surface area contributed by atoms with Gasteiger partial charge in [0.2, 0.25) is 5.91 Å². The van der Waals surface area contributed by atoms with Crippen LogP contribution in [0, 0.1) is 0 Å². The number of nitrogens with zero attached hydrogens (tertiary/aromatic N) is 4. The van der Waals surface area contributed by atoms with E-state index in [0.29, 0.717) is 5.82 Å². The van der Waals surface area contributed by atoms with Gasteiger partial charge in [0.15, 0.2) is 0 Å². The highest BCUT2D eigenvalue weighted by Crippen LogP contribution is 1.99. The van der Waals surface area contributed by atoms with E-state index in [4.69, 9.17) is 5.53 Å². The summed E-state index contributed by atoms with van der Waals surface area (Å²) in [6, 6.07) is 1.63. The van der Waals surface area contributed by atoms with Gasteiger partial charge in [0.1, 0.15) is 5.82 Å². The van der Waals surface area contributed by atoms with Crippen LogP contribution in [0.2, 0.25) is 0 Å². The topological polar surface area (TPSA) is 107 Å². The fraction of sp³-hybridized carbons (Fsp3) is 0.333. The summed E-state index contributed by atoms with van der Waals surface area (Å²) in [5.74, 6) is 0.322. The van der Waals surface area contributed by atoms with Gasteiger partial charge in [0.05, 0.1) is 6.20 Å². The Morgan fingerprint density at radius 1 is 1.85 bits per heavy atom. The highest BCUT2D eigenvalue weighted by Gasteiger charge is 2.00. The van der Waals surface area contributed by atoms with Gasteiger partial charge in [-0.1, -0.05) is 5.11 Å². The molecule has 1 aromatic heterocycles. The molecule has 13 heavy (non-hydrogen) atoms. The van der Waals surface area contributed by atoms with Crippen LogP contribution in [0.1, 0.15) is 6.42 Å². The lowest BCUT2D eigenvalue weighted by atomic mass is 10.4. The minimum atomic E-state index is -0.211. The summed E-state index contributed by atoms with van der Waals surface area (Å²) in [6.45, 7) is 0.163. The molecule has 0 saturated heterocycles. The van der Waals surface area contributed by atoms with E-state index in [9.17, 15) is 4.79 Å². The molecule has 0 bridgehead atoms. The molecule has 1 amide bonds. The van der Waals surface area contributed by atoms with Crippen LogP contribution in [0.5, 0.6) is 0 Å². The number of aromatic nitrogens is 2. The number of carbonyl (C=O) groups is 1. The van der Waals surface area contributed by atoms with Crippen molar-refractivity contribution in [3.8, 4) is 0 Å². The Morgan fingerprint density at radius 2 is 2.69 bits per heavy atom. The lowest BCUT2D eigenvalue weighted by Crippen LogP contribution is -2.12. The Balaban J connectivity index is 2.30. The summed E-state index contributed by atoms with van der Waals surface area (Å²) in [5, 5.41) is 12.0. The van der Waals surface area contributed by atoms with Gasteiger partial charge in [-0.05, 0) is 5.53 Å². The Bertz CT molecular complexity index is 312. The van der Waals surface area contributed by atoms with E-state index in [1.54, 1.807) is 6.07 Å². The summed E-state index contributed by atoms with van der Waals surface area (Å²) in [5.41, 5.74) is 7.95. The van der Waals surface area contributed by atoms with Crippen molar-refractivity contribution in [3.63, 3.8) is 0 Å². The number of amides is 1. The Hall–Kier alpha value is -2.01. The number of carbonyl (C=O) groups excluding carboxylic acids is 1. The van der Waals surface area contributed by atoms with Crippen LogP contribution in [-0.2, 0) is 4.79 Å². The van der Waals surface area contributed by atoms with Gasteiger partial charge in [0.25, 0.3) is 0 Å². The zero-order valence-electron chi connectivity index (χ0n) is 6.77. The fourth-order valence-corrected chi connectivity index (χ4v) is 0.734. The number of H-pyrrole nitrogens is 1. The summed E-state index contributed by atoms with van der Waals surface area (Å²) < 4.78 is 0. The van der Waals surface area contributed by atoms with E-state index >= 15 is 0 Å². The van der Waals surface area contributed by atoms with Crippen molar-refractivity contribution >= 4 is 11.7 Å². The van der Waals surface area contributed by atoms with Crippen LogP contribution in [0.25, 0.3) is 10.4 Å². The van der Waals surface area contributed by atoms with E-state index in [1.807, 2.05) is 0 Å². The first-order valence-corrected chi connectivity index (χ1v) is 3.63. The van der Waals surface area contributed by atoms with Gasteiger partial charge in [0, 0.05) is 23.9 Å². The number of aromatic amines is 1. The average molecular weight is 180 g/mol. The van der Waals surface area contributed by atoms with Crippen molar-refractivity contribution in [2.75, 3.05) is 11.9 Å². The molecule has 68 valence electrons. The first-order chi connectivity index (χ1) is 6.33. The standard InChI is InChI=1S/C6H8N6O/c7-12-9-4-2-6(13)10-5-1-3-8-11-5/h1,3H,2,4H2,(H2,8,10,11,13). The van der Waals surface area contributed by atoms with Crippen molar-refractivity contribution in [2.24, 2.45) is 5.11 Å². The highest BCUT2D eigenvalue weighted by molar-refractivity contribution is 5.89. The fourth-order valence-electron chi connectivity index (χ4n) is 0.734. The maximum Gasteiger partial charge on any atom is 0.225 e. The molecule has 0 spiro atoms. The van der Waals surface area contributed by atoms with Crippen molar-refractivity contribution < 1.29 is 4.79 Å². The summed E-state index contributed by atoms with van der Waals surface area (Å²) in [7, 11) is 0. The van der Waals surface area contributed by atoms with Crippen molar-refractivity contribution in [1.82, 2.24) is 10.2 Å². The molecule has 2 N–H and O–H groups in total. The minimum absolute atomic E-state index is 0.163. The minimum Gasteiger partial charge on any atom is -0.311 e. The molecule has 0 atom stereocenters. The maximum atomic E-state index is 11.0. The van der Waals surface area contributed by atoms with Crippen LogP contribution >= 0.6 is 0 Å². The maximum absolute atomic E-state index is 11.0. The molecule has 0 aliphatic rings. The third kappa shape index (κ3) is 3.26. The molecule has 0 unspecified atom stereocenters. The molecule has 1 rings (SSSR count). The summed E-state index contributed by atoms with van der Waals surface area (Å²) >= 11 is 0. The Labute approximate surface area is 73.8 Å². The molecule has 0 aliphatic heterocycles. The van der Waals surface area contributed by atoms with Gasteiger partial charge >= 0.3 is 0 Å². The molecule has 0 saturated carbocycles. The van der Waals surface area contributed by atoms with Crippen LogP contribution < -0.4 is 5.32 Å². The Kier molecular flexibility index (Phi) is 3.34. The molecule has 0 aromatic carbocycles. The molecule has 0 radical (unpaired) electrons. The SMILES string of the molecule is [N-]=[N+]=NCCC(=O)Nc1ccn[nH]1. The van der Waals surface area contributed by atoms with Crippen molar-refractivity contribution in [2.45, 2.75) is 6.42 Å². The number of azide groups is 1. The molecule has 0 fully saturated rings. The largest absolute Gasteiger partial charge is 0.311 e. The number of nitrogens with one attached hydrogen (secondary N) is 2. The van der Waals surface area contributed by atoms with Gasteiger partial charge in [-0.15, -0.1) is 0 Å². The lowest BCUT2D eigenvalue weighted by molar-refractivity contribution is -0.116. The van der Waals surface area contributed by atoms with Crippen molar-refractivity contribution in [3.05, 3.63) is 22.7 Å². The second kappa shape index (κ2) is 4.78. The van der Waals surface area contributed by atoms with E-state index in [-0.39, 0.29) is 18.9 Å². The van der Waals surface area contributed by atoms with Crippen LogP contribution in [-0.4, -0.2) is 22.6 Å². The van der Waals surface area contributed by atoms with Gasteiger partial charge in [-0.2, -0.15) is 5.10 Å². The van der Waals surface area contributed by atoms with E-state index < -0.39 is 0 Å². The molecule has 1 aromatic rings. The quantitative estimate of drug-likeness (QED) is 0.410. The highest BCUT2D eigenvalue weighted by atomic mass is 16.1. The zero-order chi connectivity index (χ0) is 9.52. The molecule has 1 heterocycles. The predicted molar refractivity (Wildman–Crippen MR) is 45.8 cm³/mol. The van der Waals surface area contributed by atoms with E-state index in [2.05, 4.69) is 25.5 Å². The van der Waals surface area contributed by atoms with E-state index in [1.165, 1.54) is 6.20 Å². The summed E-state index contributed by atoms with van der Waals surface area (Å²) in [6.07, 6.45) is 1.70. The molecular weight excluding hydrogens is 172 g/mol. The first kappa shape index (κ1) is 9.08. The number of hydrogen-bond donors (Lipinski definition) is 2. The smallest absolute Gasteiger partial charge is 0.225 e. The van der Waals surface area contributed by atoms with Crippen LogP contribution in [0.3, 0.4) is 0 Å². The number of rotatable bonds is 4. The molecule has 7 nitrogen and oxygen atoms in total. The number of hydrogen-bond acceptors (Lipinski definition) is 3. The third-order valence-corrected chi connectivity index (χ3v) is 1.28. The van der Waals surface area contributed by atoms with Crippen molar-refractivity contribution in [1.29, 1.82) is 0 Å². The average Bonchev–Trinajstić information content (AvgIpc) is 2.57. The van der Waals surface area contributed by atoms with Gasteiger partial charge < -0.3 is 5.32 Å². The monoisotopic (exact) mass is 180 g/mol. The van der Waals surface area contributed by atoms with Gasteiger partial charge in [-0.25, -0.2) is 0 Å². The zero-order valence-corrected chi connectivity index (χ0v) is 6.77. The predicted octanol–water partition coefficient (Wildman–Crippen LogP) is 1.05. The molecular formula is C6H8N6O. The Morgan fingerprint density at radius 3 is 3.31 bits per heavy atom. The van der Waals surface area contributed by atoms with Gasteiger partial charge in [-0.3, -0.25) is 9.89 Å². The second-order valence-electron chi connectivity index (χ2n) is 2.22. The normalized spacial score (nSPS) is 8.92. The second-order valence-corrected chi connectivity index (χ2v) is 2.22. The number of anilines is 1. The lowest BCUT2D eigenvalue weighted by Gasteiger charge is -1.98. The van der Waals surface area contributed by atoms with Crippen LogP contribution in [0.4, 0.5) is 5.82 Å². The first-order valence-electron chi connectivity index (χ1n) is 3.63. The molecule has 0 aliphatic carbocycles. The summed E-state index contributed by atoms with van der Waals surface area (Å²) in [4.78, 5) is 13.6.